The molecule has 1 unspecified atom stereocenters. The maximum atomic E-state index is 12.5. The van der Waals surface area contributed by atoms with E-state index in [9.17, 15) is 15.0 Å². The number of allylic oxidation sites excluding steroid dienone is 1. The fraction of sp³-hybridized carbons (Fsp3) is 0.571. The lowest BCUT2D eigenvalue weighted by atomic mass is 9.84. The summed E-state index contributed by atoms with van der Waals surface area (Å²) >= 11 is 0. The van der Waals surface area contributed by atoms with Crippen LogP contribution in [0.4, 0.5) is 0 Å². The van der Waals surface area contributed by atoms with Gasteiger partial charge in [-0.25, -0.2) is 0 Å². The maximum Gasteiger partial charge on any atom is 0.144 e. The van der Waals surface area contributed by atoms with Gasteiger partial charge >= 0.3 is 0 Å². The number of carbonyl (C=O) groups is 1. The number of Topliss-reactive ketones (excluding diaryl/α,β-unsaturated/α-hetero) is 1. The van der Waals surface area contributed by atoms with Crippen LogP contribution in [0.1, 0.15) is 39.2 Å². The van der Waals surface area contributed by atoms with Crippen LogP contribution in [0.2, 0.25) is 0 Å². The average Bonchev–Trinajstić information content (AvgIpc) is 2.63. The van der Waals surface area contributed by atoms with Crippen molar-refractivity contribution in [3.05, 3.63) is 48.0 Å². The van der Waals surface area contributed by atoms with Crippen molar-refractivity contribution in [2.45, 2.75) is 58.5 Å². The minimum absolute atomic E-state index is 0.0350. The number of hydrogen-bond donors (Lipinski definition) is 2. The Kier molecular flexibility index (Phi) is 9.73. The van der Waals surface area contributed by atoms with Gasteiger partial charge in [0, 0.05) is 18.9 Å². The molecule has 5 heteroatoms. The molecule has 0 aliphatic carbocycles. The molecular formula is C21H32O5. The average molecular weight is 364 g/mol. The van der Waals surface area contributed by atoms with Crippen molar-refractivity contribution < 1.29 is 24.5 Å². The van der Waals surface area contributed by atoms with Crippen molar-refractivity contribution >= 4 is 5.78 Å². The number of ether oxygens (including phenoxy) is 2. The van der Waals surface area contributed by atoms with Gasteiger partial charge in [0.05, 0.1) is 25.4 Å². The summed E-state index contributed by atoms with van der Waals surface area (Å²) in [5.41, 5.74) is 0.272. The van der Waals surface area contributed by atoms with Crippen LogP contribution in [0, 0.1) is 5.41 Å². The van der Waals surface area contributed by atoms with Crippen LogP contribution in [0.15, 0.2) is 42.5 Å². The van der Waals surface area contributed by atoms with Crippen molar-refractivity contribution in [1.29, 1.82) is 0 Å². The highest BCUT2D eigenvalue weighted by Gasteiger charge is 2.30. The van der Waals surface area contributed by atoms with E-state index in [4.69, 9.17) is 9.47 Å². The Morgan fingerprint density at radius 1 is 1.23 bits per heavy atom. The first-order valence-electron chi connectivity index (χ1n) is 9.03. The Morgan fingerprint density at radius 3 is 2.46 bits per heavy atom. The fourth-order valence-electron chi connectivity index (χ4n) is 2.37. The molecule has 0 aliphatic rings. The Hall–Kier alpha value is -1.53. The quantitative estimate of drug-likeness (QED) is 0.558. The minimum Gasteiger partial charge on any atom is -0.390 e. The highest BCUT2D eigenvalue weighted by molar-refractivity contribution is 5.86. The van der Waals surface area contributed by atoms with E-state index in [1.807, 2.05) is 37.3 Å². The monoisotopic (exact) mass is 364 g/mol. The van der Waals surface area contributed by atoms with E-state index in [0.29, 0.717) is 13.0 Å². The van der Waals surface area contributed by atoms with Gasteiger partial charge in [0.25, 0.3) is 0 Å². The Morgan fingerprint density at radius 2 is 1.88 bits per heavy atom. The molecule has 0 heterocycles. The molecule has 0 saturated heterocycles. The lowest BCUT2D eigenvalue weighted by molar-refractivity contribution is -0.131. The zero-order valence-corrected chi connectivity index (χ0v) is 16.2. The van der Waals surface area contributed by atoms with Gasteiger partial charge in [-0.3, -0.25) is 4.79 Å². The zero-order valence-electron chi connectivity index (χ0n) is 16.2. The number of carbonyl (C=O) groups excluding carboxylic acids is 1. The number of benzene rings is 1. The molecule has 0 saturated carbocycles. The molecule has 0 aliphatic heterocycles. The molecule has 0 aromatic heterocycles. The molecular weight excluding hydrogens is 332 g/mol. The van der Waals surface area contributed by atoms with Crippen molar-refractivity contribution in [2.75, 3.05) is 13.7 Å². The van der Waals surface area contributed by atoms with Crippen LogP contribution < -0.4 is 0 Å². The summed E-state index contributed by atoms with van der Waals surface area (Å²) in [4.78, 5) is 12.5. The van der Waals surface area contributed by atoms with E-state index in [1.165, 1.54) is 7.11 Å². The molecule has 1 aromatic rings. The Balaban J connectivity index is 2.52. The minimum atomic E-state index is -0.952. The Labute approximate surface area is 156 Å². The first kappa shape index (κ1) is 22.5. The molecule has 5 nitrogen and oxygen atoms in total. The molecule has 1 aromatic carbocycles. The standard InChI is InChI=1S/C21H32O5/c1-5-17(22)11-12-21(2,3)20(24)13-18(23)19(25-4)15-26-14-16-9-7-6-8-10-16/h6-12,17-19,22-23H,5,13-15H2,1-4H3/b12-11+/t17?,18-,19+/m0/s1. The molecule has 0 bridgehead atoms. The van der Waals surface area contributed by atoms with Crippen molar-refractivity contribution in [3.63, 3.8) is 0 Å². The van der Waals surface area contributed by atoms with Crippen LogP contribution in [0.3, 0.4) is 0 Å². The highest BCUT2D eigenvalue weighted by atomic mass is 16.5. The van der Waals surface area contributed by atoms with Gasteiger partial charge < -0.3 is 19.7 Å². The number of aliphatic hydroxyl groups is 2. The predicted molar refractivity (Wildman–Crippen MR) is 102 cm³/mol. The van der Waals surface area contributed by atoms with Gasteiger partial charge in [-0.1, -0.05) is 49.4 Å². The number of methoxy groups -OCH3 is 1. The molecule has 26 heavy (non-hydrogen) atoms. The van der Waals surface area contributed by atoms with Crippen LogP contribution in [-0.4, -0.2) is 48.0 Å². The number of hydrogen-bond acceptors (Lipinski definition) is 5. The van der Waals surface area contributed by atoms with Crippen LogP contribution in [0.25, 0.3) is 0 Å². The summed E-state index contributed by atoms with van der Waals surface area (Å²) in [5, 5.41) is 20.0. The van der Waals surface area contributed by atoms with Gasteiger partial charge in [0.15, 0.2) is 0 Å². The SMILES string of the molecule is CCC(O)/C=C/C(C)(C)C(=O)C[C@H](O)[C@@H](COCc1ccccc1)OC. The fourth-order valence-corrected chi connectivity index (χ4v) is 2.37. The summed E-state index contributed by atoms with van der Waals surface area (Å²) in [6.45, 7) is 6.03. The largest absolute Gasteiger partial charge is 0.390 e. The van der Waals surface area contributed by atoms with Crippen molar-refractivity contribution in [1.82, 2.24) is 0 Å². The number of aliphatic hydroxyl groups excluding tert-OH is 2. The third-order valence-corrected chi connectivity index (χ3v) is 4.39. The lowest BCUT2D eigenvalue weighted by Crippen LogP contribution is -2.37. The molecule has 3 atom stereocenters. The second-order valence-electron chi connectivity index (χ2n) is 7.03. The lowest BCUT2D eigenvalue weighted by Gasteiger charge is -2.25. The van der Waals surface area contributed by atoms with Gasteiger partial charge in [-0.15, -0.1) is 0 Å². The van der Waals surface area contributed by atoms with E-state index < -0.39 is 23.7 Å². The topological polar surface area (TPSA) is 76.0 Å². The highest BCUT2D eigenvalue weighted by Crippen LogP contribution is 2.23. The summed E-state index contributed by atoms with van der Waals surface area (Å²) in [6, 6.07) is 9.73. The van der Waals surface area contributed by atoms with Crippen LogP contribution >= 0.6 is 0 Å². The molecule has 2 N–H and O–H groups in total. The smallest absolute Gasteiger partial charge is 0.144 e. The van der Waals surface area contributed by atoms with E-state index in [-0.39, 0.29) is 18.8 Å². The van der Waals surface area contributed by atoms with E-state index in [1.54, 1.807) is 26.0 Å². The third-order valence-electron chi connectivity index (χ3n) is 4.39. The number of ketones is 1. The van der Waals surface area contributed by atoms with E-state index >= 15 is 0 Å². The first-order chi connectivity index (χ1) is 12.3. The number of rotatable bonds is 12. The molecule has 0 spiro atoms. The summed E-state index contributed by atoms with van der Waals surface area (Å²) < 4.78 is 10.9. The van der Waals surface area contributed by atoms with Gasteiger partial charge in [0.1, 0.15) is 11.9 Å². The second-order valence-corrected chi connectivity index (χ2v) is 7.03. The van der Waals surface area contributed by atoms with Crippen molar-refractivity contribution in [3.8, 4) is 0 Å². The predicted octanol–water partition coefficient (Wildman–Crippen LogP) is 2.89. The molecule has 0 amide bonds. The normalized spacial score (nSPS) is 15.8. The third kappa shape index (κ3) is 7.79. The van der Waals surface area contributed by atoms with E-state index in [2.05, 4.69) is 0 Å². The van der Waals surface area contributed by atoms with Crippen LogP contribution in [0.5, 0.6) is 0 Å². The van der Waals surface area contributed by atoms with Crippen molar-refractivity contribution in [2.24, 2.45) is 5.41 Å². The molecule has 1 rings (SSSR count). The van der Waals surface area contributed by atoms with Gasteiger partial charge in [-0.2, -0.15) is 0 Å². The first-order valence-corrected chi connectivity index (χ1v) is 9.03. The van der Waals surface area contributed by atoms with Crippen LogP contribution in [-0.2, 0) is 20.9 Å². The zero-order chi connectivity index (χ0) is 19.6. The van der Waals surface area contributed by atoms with Gasteiger partial charge in [0.2, 0.25) is 0 Å². The summed E-state index contributed by atoms with van der Waals surface area (Å²) in [6.07, 6.45) is 1.78. The summed E-state index contributed by atoms with van der Waals surface area (Å²) in [7, 11) is 1.49. The van der Waals surface area contributed by atoms with Gasteiger partial charge in [-0.05, 0) is 25.8 Å². The second kappa shape index (κ2) is 11.2. The summed E-state index contributed by atoms with van der Waals surface area (Å²) in [5.74, 6) is -0.116. The molecule has 146 valence electrons. The Bertz CT molecular complexity index is 553. The van der Waals surface area contributed by atoms with E-state index in [0.717, 1.165) is 5.56 Å². The maximum absolute atomic E-state index is 12.5. The molecule has 0 fully saturated rings. The molecule has 0 radical (unpaired) electrons.